The molecular weight excluding hydrogens is 313 g/mol. The second-order valence-electron chi connectivity index (χ2n) is 7.54. The molecule has 0 aromatic heterocycles. The molecule has 25 heavy (non-hydrogen) atoms. The summed E-state index contributed by atoms with van der Waals surface area (Å²) in [5, 5.41) is 11.4. The van der Waals surface area contributed by atoms with Crippen LogP contribution in [0.2, 0.25) is 0 Å². The van der Waals surface area contributed by atoms with Gasteiger partial charge < -0.3 is 10.0 Å². The summed E-state index contributed by atoms with van der Waals surface area (Å²) >= 11 is 0. The zero-order valence-corrected chi connectivity index (χ0v) is 15.2. The van der Waals surface area contributed by atoms with E-state index in [4.69, 9.17) is 0 Å². The summed E-state index contributed by atoms with van der Waals surface area (Å²) in [6, 6.07) is 15.2. The molecule has 2 aromatic rings. The lowest BCUT2D eigenvalue weighted by atomic mass is 9.70. The molecule has 134 valence electrons. The lowest BCUT2D eigenvalue weighted by molar-refractivity contribution is -0.0481. The largest absolute Gasteiger partial charge is 0.389 e. The maximum atomic E-state index is 14.1. The van der Waals surface area contributed by atoms with Crippen molar-refractivity contribution in [2.24, 2.45) is 5.92 Å². The number of para-hydroxylation sites is 1. The fourth-order valence-electron chi connectivity index (χ4n) is 4.18. The van der Waals surface area contributed by atoms with Gasteiger partial charge in [-0.1, -0.05) is 49.2 Å². The van der Waals surface area contributed by atoms with Gasteiger partial charge in [-0.15, -0.1) is 0 Å². The van der Waals surface area contributed by atoms with Crippen LogP contribution in [0, 0.1) is 11.7 Å². The van der Waals surface area contributed by atoms with Crippen molar-refractivity contribution >= 4 is 5.69 Å². The van der Waals surface area contributed by atoms with Gasteiger partial charge in [0.05, 0.1) is 5.60 Å². The third-order valence-corrected chi connectivity index (χ3v) is 5.57. The van der Waals surface area contributed by atoms with E-state index in [-0.39, 0.29) is 11.7 Å². The standard InChI is InChI=1S/C22H28FNO/c1-24(2)21-13-6-4-9-17(21)15-19-11-7-8-14-22(19,25)16-18-10-3-5-12-20(18)23/h3-6,9-10,12-13,19,25H,7-8,11,14-16H2,1-2H3. The number of anilines is 1. The van der Waals surface area contributed by atoms with E-state index in [0.717, 1.165) is 32.1 Å². The summed E-state index contributed by atoms with van der Waals surface area (Å²) in [5.74, 6) is -0.0594. The molecule has 0 heterocycles. The minimum absolute atomic E-state index is 0.155. The van der Waals surface area contributed by atoms with Crippen molar-refractivity contribution in [2.45, 2.75) is 44.1 Å². The molecule has 2 unspecified atom stereocenters. The predicted molar refractivity (Wildman–Crippen MR) is 101 cm³/mol. The van der Waals surface area contributed by atoms with Crippen LogP contribution in [-0.4, -0.2) is 24.8 Å². The smallest absolute Gasteiger partial charge is 0.126 e. The molecule has 0 aliphatic heterocycles. The van der Waals surface area contributed by atoms with Crippen LogP contribution in [-0.2, 0) is 12.8 Å². The number of hydrogen-bond donors (Lipinski definition) is 1. The number of nitrogens with zero attached hydrogens (tertiary/aromatic N) is 1. The lowest BCUT2D eigenvalue weighted by Crippen LogP contribution is -2.44. The Labute approximate surface area is 150 Å². The van der Waals surface area contributed by atoms with Crippen molar-refractivity contribution in [1.82, 2.24) is 0 Å². The first-order valence-electron chi connectivity index (χ1n) is 9.20. The fraction of sp³-hybridized carbons (Fsp3) is 0.455. The van der Waals surface area contributed by atoms with Gasteiger partial charge in [0.2, 0.25) is 0 Å². The zero-order valence-electron chi connectivity index (χ0n) is 15.2. The third kappa shape index (κ3) is 4.04. The zero-order chi connectivity index (χ0) is 17.9. The number of aliphatic hydroxyl groups is 1. The summed E-state index contributed by atoms with van der Waals surface area (Å²) in [6.07, 6.45) is 5.11. The van der Waals surface area contributed by atoms with Crippen molar-refractivity contribution in [3.63, 3.8) is 0 Å². The average molecular weight is 341 g/mol. The normalized spacial score (nSPS) is 23.4. The average Bonchev–Trinajstić information content (AvgIpc) is 2.59. The van der Waals surface area contributed by atoms with Crippen LogP contribution >= 0.6 is 0 Å². The third-order valence-electron chi connectivity index (χ3n) is 5.57. The molecule has 0 radical (unpaired) electrons. The van der Waals surface area contributed by atoms with Crippen LogP contribution in [0.4, 0.5) is 10.1 Å². The molecule has 1 fully saturated rings. The van der Waals surface area contributed by atoms with Crippen molar-refractivity contribution < 1.29 is 9.50 Å². The first kappa shape index (κ1) is 17.9. The van der Waals surface area contributed by atoms with Crippen LogP contribution in [0.15, 0.2) is 48.5 Å². The number of halogens is 1. The van der Waals surface area contributed by atoms with E-state index in [1.807, 2.05) is 26.2 Å². The summed E-state index contributed by atoms with van der Waals surface area (Å²) in [7, 11) is 4.09. The SMILES string of the molecule is CN(C)c1ccccc1CC1CCCCC1(O)Cc1ccccc1F. The molecule has 0 amide bonds. The van der Waals surface area contributed by atoms with E-state index < -0.39 is 5.60 Å². The Hall–Kier alpha value is -1.87. The van der Waals surface area contributed by atoms with Crippen molar-refractivity contribution in [1.29, 1.82) is 0 Å². The second kappa shape index (κ2) is 7.57. The summed E-state index contributed by atoms with van der Waals surface area (Å²) < 4.78 is 14.1. The van der Waals surface area contributed by atoms with Gasteiger partial charge in [0.15, 0.2) is 0 Å². The molecule has 0 saturated heterocycles. The molecule has 0 bridgehead atoms. The van der Waals surface area contributed by atoms with Gasteiger partial charge in [-0.05, 0) is 48.4 Å². The molecular formula is C22H28FNO. The quantitative estimate of drug-likeness (QED) is 0.859. The van der Waals surface area contributed by atoms with Crippen LogP contribution in [0.1, 0.15) is 36.8 Å². The maximum absolute atomic E-state index is 14.1. The Morgan fingerprint density at radius 1 is 1.04 bits per heavy atom. The van der Waals surface area contributed by atoms with Crippen molar-refractivity contribution in [2.75, 3.05) is 19.0 Å². The van der Waals surface area contributed by atoms with Gasteiger partial charge in [-0.25, -0.2) is 4.39 Å². The molecule has 1 aliphatic carbocycles. The monoisotopic (exact) mass is 341 g/mol. The Kier molecular flexibility index (Phi) is 5.43. The van der Waals surface area contributed by atoms with Crippen LogP contribution in [0.5, 0.6) is 0 Å². The summed E-state index contributed by atoms with van der Waals surface area (Å²) in [5.41, 5.74) is 2.24. The molecule has 3 rings (SSSR count). The van der Waals surface area contributed by atoms with Crippen molar-refractivity contribution in [3.05, 3.63) is 65.5 Å². The molecule has 2 atom stereocenters. The molecule has 1 saturated carbocycles. The Morgan fingerprint density at radius 3 is 2.44 bits per heavy atom. The van der Waals surface area contributed by atoms with E-state index in [1.165, 1.54) is 17.3 Å². The van der Waals surface area contributed by atoms with E-state index >= 15 is 0 Å². The second-order valence-corrected chi connectivity index (χ2v) is 7.54. The van der Waals surface area contributed by atoms with Gasteiger partial charge in [0.25, 0.3) is 0 Å². The highest BCUT2D eigenvalue weighted by Gasteiger charge is 2.39. The molecule has 0 spiro atoms. The highest BCUT2D eigenvalue weighted by molar-refractivity contribution is 5.52. The highest BCUT2D eigenvalue weighted by Crippen LogP contribution is 2.40. The predicted octanol–water partition coefficient (Wildman–Crippen LogP) is 4.60. The van der Waals surface area contributed by atoms with E-state index in [1.54, 1.807) is 12.1 Å². The van der Waals surface area contributed by atoms with Gasteiger partial charge in [-0.3, -0.25) is 0 Å². The maximum Gasteiger partial charge on any atom is 0.126 e. The highest BCUT2D eigenvalue weighted by atomic mass is 19.1. The number of hydrogen-bond acceptors (Lipinski definition) is 2. The topological polar surface area (TPSA) is 23.5 Å². The van der Waals surface area contributed by atoms with Gasteiger partial charge in [0.1, 0.15) is 5.82 Å². The minimum atomic E-state index is -0.833. The molecule has 1 aliphatic rings. The van der Waals surface area contributed by atoms with Gasteiger partial charge >= 0.3 is 0 Å². The molecule has 1 N–H and O–H groups in total. The Bertz CT molecular complexity index is 715. The van der Waals surface area contributed by atoms with Crippen LogP contribution < -0.4 is 4.90 Å². The lowest BCUT2D eigenvalue weighted by Gasteiger charge is -2.41. The van der Waals surface area contributed by atoms with Crippen LogP contribution in [0.3, 0.4) is 0 Å². The Balaban J connectivity index is 1.85. The van der Waals surface area contributed by atoms with Crippen molar-refractivity contribution in [3.8, 4) is 0 Å². The number of rotatable bonds is 5. The fourth-order valence-corrected chi connectivity index (χ4v) is 4.18. The van der Waals surface area contributed by atoms with E-state index in [2.05, 4.69) is 23.1 Å². The van der Waals surface area contributed by atoms with Gasteiger partial charge in [0, 0.05) is 26.2 Å². The summed E-state index contributed by atoms with van der Waals surface area (Å²) in [4.78, 5) is 2.12. The first-order valence-corrected chi connectivity index (χ1v) is 9.20. The van der Waals surface area contributed by atoms with E-state index in [0.29, 0.717) is 12.0 Å². The molecule has 2 nitrogen and oxygen atoms in total. The minimum Gasteiger partial charge on any atom is -0.389 e. The van der Waals surface area contributed by atoms with E-state index in [9.17, 15) is 9.50 Å². The first-order chi connectivity index (χ1) is 12.0. The Morgan fingerprint density at radius 2 is 1.72 bits per heavy atom. The number of benzene rings is 2. The van der Waals surface area contributed by atoms with Gasteiger partial charge in [-0.2, -0.15) is 0 Å². The van der Waals surface area contributed by atoms with Crippen LogP contribution in [0.25, 0.3) is 0 Å². The summed E-state index contributed by atoms with van der Waals surface area (Å²) in [6.45, 7) is 0. The molecule has 2 aromatic carbocycles. The molecule has 3 heteroatoms.